The standard InChI is InChI=1S/C11H4F6N4/c12-10(13,14)6-1-7(11(15,16)17)3-8(2-6)20-21-9(4-18)5-19/h1-3,20H. The van der Waals surface area contributed by atoms with Crippen LogP contribution in [0, 0.1) is 22.7 Å². The number of hydrogen-bond donors (Lipinski definition) is 1. The van der Waals surface area contributed by atoms with E-state index in [1.165, 1.54) is 12.1 Å². The predicted molar refractivity (Wildman–Crippen MR) is 58.7 cm³/mol. The molecule has 0 spiro atoms. The highest BCUT2D eigenvalue weighted by molar-refractivity contribution is 6.10. The van der Waals surface area contributed by atoms with Crippen molar-refractivity contribution in [2.45, 2.75) is 12.4 Å². The first-order chi connectivity index (χ1) is 9.57. The van der Waals surface area contributed by atoms with Crippen LogP contribution in [-0.4, -0.2) is 5.71 Å². The quantitative estimate of drug-likeness (QED) is 0.516. The molecule has 0 aromatic heterocycles. The van der Waals surface area contributed by atoms with E-state index in [0.717, 1.165) is 0 Å². The fourth-order valence-electron chi connectivity index (χ4n) is 1.21. The third kappa shape index (κ3) is 4.38. The van der Waals surface area contributed by atoms with Gasteiger partial charge in [-0.2, -0.15) is 42.0 Å². The largest absolute Gasteiger partial charge is 0.416 e. The topological polar surface area (TPSA) is 72.0 Å². The molecule has 0 amide bonds. The minimum Gasteiger partial charge on any atom is -0.276 e. The average molecular weight is 306 g/mol. The smallest absolute Gasteiger partial charge is 0.276 e. The van der Waals surface area contributed by atoms with Crippen LogP contribution in [0.25, 0.3) is 0 Å². The zero-order valence-corrected chi connectivity index (χ0v) is 9.84. The van der Waals surface area contributed by atoms with Crippen molar-refractivity contribution in [3.63, 3.8) is 0 Å². The Hall–Kier alpha value is -2.75. The lowest BCUT2D eigenvalue weighted by molar-refractivity contribution is -0.143. The number of halogens is 6. The van der Waals surface area contributed by atoms with Crippen molar-refractivity contribution in [2.75, 3.05) is 5.43 Å². The Labute approximate surface area is 113 Å². The van der Waals surface area contributed by atoms with E-state index in [-0.39, 0.29) is 6.07 Å². The Morgan fingerprint density at radius 2 is 1.33 bits per heavy atom. The van der Waals surface area contributed by atoms with Crippen LogP contribution in [0.4, 0.5) is 32.0 Å². The van der Waals surface area contributed by atoms with Crippen molar-refractivity contribution >= 4 is 11.4 Å². The molecule has 0 fully saturated rings. The van der Waals surface area contributed by atoms with E-state index in [4.69, 9.17) is 10.5 Å². The van der Waals surface area contributed by atoms with E-state index in [2.05, 4.69) is 5.10 Å². The van der Waals surface area contributed by atoms with Gasteiger partial charge in [0.05, 0.1) is 16.8 Å². The first-order valence-corrected chi connectivity index (χ1v) is 5.01. The second-order valence-electron chi connectivity index (χ2n) is 3.59. The van der Waals surface area contributed by atoms with E-state index in [1.807, 2.05) is 5.43 Å². The summed E-state index contributed by atoms with van der Waals surface area (Å²) in [5, 5.41) is 19.8. The second-order valence-corrected chi connectivity index (χ2v) is 3.59. The summed E-state index contributed by atoms with van der Waals surface area (Å²) in [5.74, 6) is 0. The highest BCUT2D eigenvalue weighted by Crippen LogP contribution is 2.37. The van der Waals surface area contributed by atoms with Gasteiger partial charge in [-0.1, -0.05) is 0 Å². The molecule has 10 heteroatoms. The van der Waals surface area contributed by atoms with Gasteiger partial charge in [-0.3, -0.25) is 5.43 Å². The van der Waals surface area contributed by atoms with Crippen LogP contribution in [0.5, 0.6) is 0 Å². The molecular weight excluding hydrogens is 302 g/mol. The number of nitrogens with zero attached hydrogens (tertiary/aromatic N) is 3. The lowest BCUT2D eigenvalue weighted by atomic mass is 10.1. The van der Waals surface area contributed by atoms with Gasteiger partial charge in [0.25, 0.3) is 0 Å². The molecule has 0 aliphatic rings. The SMILES string of the molecule is N#CC(C#N)=NNc1cc(C(F)(F)F)cc(C(F)(F)F)c1. The van der Waals surface area contributed by atoms with E-state index >= 15 is 0 Å². The van der Waals surface area contributed by atoms with Crippen molar-refractivity contribution in [2.24, 2.45) is 5.10 Å². The van der Waals surface area contributed by atoms with Crippen molar-refractivity contribution in [3.05, 3.63) is 29.3 Å². The molecule has 0 aliphatic carbocycles. The van der Waals surface area contributed by atoms with Crippen LogP contribution in [-0.2, 0) is 12.4 Å². The van der Waals surface area contributed by atoms with Crippen molar-refractivity contribution in [3.8, 4) is 12.1 Å². The number of alkyl halides is 6. The monoisotopic (exact) mass is 306 g/mol. The summed E-state index contributed by atoms with van der Waals surface area (Å²) in [4.78, 5) is 0. The molecule has 1 aromatic rings. The van der Waals surface area contributed by atoms with Crippen molar-refractivity contribution in [1.29, 1.82) is 10.5 Å². The average Bonchev–Trinajstić information content (AvgIpc) is 2.37. The van der Waals surface area contributed by atoms with Crippen LogP contribution in [0.3, 0.4) is 0 Å². The molecule has 0 radical (unpaired) electrons. The van der Waals surface area contributed by atoms with Gasteiger partial charge in [0, 0.05) is 0 Å². The number of hydrazone groups is 1. The molecule has 0 heterocycles. The van der Waals surface area contributed by atoms with Gasteiger partial charge in [-0.25, -0.2) is 0 Å². The number of benzene rings is 1. The lowest BCUT2D eigenvalue weighted by Gasteiger charge is -2.13. The number of hydrogen-bond acceptors (Lipinski definition) is 4. The molecule has 4 nitrogen and oxygen atoms in total. The fraction of sp³-hybridized carbons (Fsp3) is 0.182. The fourth-order valence-corrected chi connectivity index (χ4v) is 1.21. The normalized spacial score (nSPS) is 11.2. The van der Waals surface area contributed by atoms with Gasteiger partial charge in [-0.15, -0.1) is 0 Å². The van der Waals surface area contributed by atoms with Crippen LogP contribution in [0.1, 0.15) is 11.1 Å². The summed E-state index contributed by atoms with van der Waals surface area (Å²) in [6.07, 6.45) is -9.98. The summed E-state index contributed by atoms with van der Waals surface area (Å²) in [6.45, 7) is 0. The molecule has 1 N–H and O–H groups in total. The van der Waals surface area contributed by atoms with Crippen LogP contribution >= 0.6 is 0 Å². The molecule has 1 rings (SSSR count). The molecule has 0 unspecified atom stereocenters. The first kappa shape index (κ1) is 16.3. The summed E-state index contributed by atoms with van der Waals surface area (Å²) in [6, 6.07) is 3.30. The third-order valence-corrected chi connectivity index (χ3v) is 2.10. The maximum atomic E-state index is 12.5. The Balaban J connectivity index is 3.31. The Morgan fingerprint density at radius 3 is 1.67 bits per heavy atom. The summed E-state index contributed by atoms with van der Waals surface area (Å²) >= 11 is 0. The molecule has 0 atom stereocenters. The number of nitrogens with one attached hydrogen (secondary N) is 1. The van der Waals surface area contributed by atoms with Crippen molar-refractivity contribution < 1.29 is 26.3 Å². The minimum atomic E-state index is -4.99. The maximum absolute atomic E-state index is 12.5. The van der Waals surface area contributed by atoms with Crippen LogP contribution < -0.4 is 5.43 Å². The molecule has 0 saturated carbocycles. The summed E-state index contributed by atoms with van der Waals surface area (Å²) < 4.78 is 75.2. The Bertz CT molecular complexity index is 596. The first-order valence-electron chi connectivity index (χ1n) is 5.01. The predicted octanol–water partition coefficient (Wildman–Crippen LogP) is 3.54. The number of anilines is 1. The lowest BCUT2D eigenvalue weighted by Crippen LogP contribution is -2.11. The highest BCUT2D eigenvalue weighted by Gasteiger charge is 2.36. The highest BCUT2D eigenvalue weighted by atomic mass is 19.4. The van der Waals surface area contributed by atoms with Crippen LogP contribution in [0.2, 0.25) is 0 Å². The van der Waals surface area contributed by atoms with E-state index < -0.39 is 34.9 Å². The third-order valence-electron chi connectivity index (χ3n) is 2.10. The van der Waals surface area contributed by atoms with E-state index in [9.17, 15) is 26.3 Å². The van der Waals surface area contributed by atoms with Gasteiger partial charge in [0.2, 0.25) is 5.71 Å². The molecule has 0 bridgehead atoms. The zero-order chi connectivity index (χ0) is 16.3. The summed E-state index contributed by atoms with van der Waals surface area (Å²) in [7, 11) is 0. The van der Waals surface area contributed by atoms with Crippen molar-refractivity contribution in [1.82, 2.24) is 0 Å². The molecule has 110 valence electrons. The van der Waals surface area contributed by atoms with Gasteiger partial charge < -0.3 is 0 Å². The molecule has 0 saturated heterocycles. The maximum Gasteiger partial charge on any atom is 0.416 e. The molecule has 0 aliphatic heterocycles. The van der Waals surface area contributed by atoms with Crippen LogP contribution in [0.15, 0.2) is 23.3 Å². The minimum absolute atomic E-state index is 0.0512. The van der Waals surface area contributed by atoms with Gasteiger partial charge in [0.1, 0.15) is 12.1 Å². The number of nitriles is 2. The van der Waals surface area contributed by atoms with Gasteiger partial charge in [-0.05, 0) is 18.2 Å². The Morgan fingerprint density at radius 1 is 0.905 bits per heavy atom. The molecule has 21 heavy (non-hydrogen) atoms. The second kappa shape index (κ2) is 5.71. The van der Waals surface area contributed by atoms with E-state index in [0.29, 0.717) is 12.1 Å². The molecule has 1 aromatic carbocycles. The van der Waals surface area contributed by atoms with Gasteiger partial charge in [0.15, 0.2) is 0 Å². The molecular formula is C11H4F6N4. The Kier molecular flexibility index (Phi) is 4.43. The van der Waals surface area contributed by atoms with E-state index in [1.54, 1.807) is 0 Å². The zero-order valence-electron chi connectivity index (χ0n) is 9.84. The number of rotatable bonds is 2. The van der Waals surface area contributed by atoms with Gasteiger partial charge >= 0.3 is 12.4 Å². The summed E-state index contributed by atoms with van der Waals surface area (Å²) in [5.41, 5.74) is -2.66.